The number of fused-ring (bicyclic) bond motifs is 2. The highest BCUT2D eigenvalue weighted by molar-refractivity contribution is 6.05. The van der Waals surface area contributed by atoms with Crippen molar-refractivity contribution in [2.24, 2.45) is 5.92 Å². The van der Waals surface area contributed by atoms with Crippen LogP contribution in [0.25, 0.3) is 11.2 Å². The smallest absolute Gasteiger partial charge is 0.270 e. The number of hydrogen-bond acceptors (Lipinski definition) is 13. The van der Waals surface area contributed by atoms with Crippen LogP contribution in [0.4, 0.5) is 22.9 Å². The Balaban J connectivity index is 0.674. The van der Waals surface area contributed by atoms with Gasteiger partial charge in [0.25, 0.3) is 11.8 Å². The Morgan fingerprint density at radius 3 is 2.42 bits per heavy atom. The molecule has 316 valence electrons. The molecule has 3 saturated heterocycles. The van der Waals surface area contributed by atoms with E-state index in [1.165, 1.54) is 5.69 Å². The van der Waals surface area contributed by atoms with E-state index in [0.717, 1.165) is 94.1 Å². The van der Waals surface area contributed by atoms with Gasteiger partial charge in [-0.25, -0.2) is 19.9 Å². The molecule has 4 fully saturated rings. The zero-order valence-electron chi connectivity index (χ0n) is 34.2. The highest BCUT2D eigenvalue weighted by Crippen LogP contribution is 2.36. The van der Waals surface area contributed by atoms with E-state index in [0.29, 0.717) is 35.8 Å². The molecule has 3 aromatic heterocycles. The Hall–Kier alpha value is -6.93. The van der Waals surface area contributed by atoms with Gasteiger partial charge in [0.2, 0.25) is 11.8 Å². The summed E-state index contributed by atoms with van der Waals surface area (Å²) in [6, 6.07) is 20.9. The number of pyridine rings is 1. The van der Waals surface area contributed by atoms with Crippen LogP contribution in [0.3, 0.4) is 0 Å². The minimum atomic E-state index is -0.599. The van der Waals surface area contributed by atoms with Crippen LogP contribution < -0.4 is 25.8 Å². The van der Waals surface area contributed by atoms with E-state index in [4.69, 9.17) is 5.26 Å². The third-order valence-electron chi connectivity index (χ3n) is 13.2. The number of nitrogens with one attached hydrogen (secondary N) is 3. The Morgan fingerprint density at radius 2 is 1.65 bits per heavy atom. The molecule has 0 bridgehead atoms. The third kappa shape index (κ3) is 7.77. The number of piperazine rings is 1. The van der Waals surface area contributed by atoms with Gasteiger partial charge in [0.15, 0.2) is 17.0 Å². The molecule has 10 rings (SSSR count). The van der Waals surface area contributed by atoms with E-state index in [-0.39, 0.29) is 53.5 Å². The second-order valence-corrected chi connectivity index (χ2v) is 17.0. The molecule has 17 heteroatoms. The molecule has 0 spiro atoms. The molecular weight excluding hydrogens is 787 g/mol. The second kappa shape index (κ2) is 16.5. The molecule has 1 aliphatic carbocycles. The number of nitriles is 1. The van der Waals surface area contributed by atoms with Crippen molar-refractivity contribution in [3.05, 3.63) is 95.8 Å². The van der Waals surface area contributed by atoms with Gasteiger partial charge < -0.3 is 29.9 Å². The number of nitrogens with zero attached hydrogens (tertiary/aromatic N) is 10. The van der Waals surface area contributed by atoms with Crippen molar-refractivity contribution >= 4 is 57.7 Å². The first kappa shape index (κ1) is 39.2. The summed E-state index contributed by atoms with van der Waals surface area (Å²) < 4.78 is 2.05. The van der Waals surface area contributed by atoms with E-state index >= 15 is 0 Å². The van der Waals surface area contributed by atoms with Gasteiger partial charge >= 0.3 is 0 Å². The summed E-state index contributed by atoms with van der Waals surface area (Å²) in [5.41, 5.74) is 6.70. The molecule has 7 heterocycles. The quantitative estimate of drug-likeness (QED) is 0.172. The summed E-state index contributed by atoms with van der Waals surface area (Å²) in [4.78, 5) is 76.9. The van der Waals surface area contributed by atoms with Crippen molar-refractivity contribution in [3.8, 4) is 6.07 Å². The van der Waals surface area contributed by atoms with E-state index in [1.54, 1.807) is 35.8 Å². The van der Waals surface area contributed by atoms with Crippen LogP contribution in [0.15, 0.2) is 73.3 Å². The van der Waals surface area contributed by atoms with Crippen molar-refractivity contribution in [2.75, 3.05) is 60.9 Å². The molecule has 5 aromatic rings. The van der Waals surface area contributed by atoms with Crippen LogP contribution in [0.2, 0.25) is 0 Å². The third-order valence-corrected chi connectivity index (χ3v) is 13.2. The van der Waals surface area contributed by atoms with E-state index < -0.39 is 6.04 Å². The molecule has 62 heavy (non-hydrogen) atoms. The molecule has 3 N–H and O–H groups in total. The van der Waals surface area contributed by atoms with Gasteiger partial charge in [-0.2, -0.15) is 5.26 Å². The Morgan fingerprint density at radius 1 is 0.871 bits per heavy atom. The van der Waals surface area contributed by atoms with Crippen LogP contribution >= 0.6 is 0 Å². The number of carbonyl (C=O) groups is 4. The van der Waals surface area contributed by atoms with Crippen LogP contribution in [-0.4, -0.2) is 116 Å². The zero-order chi connectivity index (χ0) is 42.3. The summed E-state index contributed by atoms with van der Waals surface area (Å²) in [7, 11) is 0. The lowest BCUT2D eigenvalue weighted by Gasteiger charge is -2.40. The standard InChI is InChI=1S/C45H47N13O4/c46-23-31-2-1-3-37(50-31)43(60)52-32-21-35(22-32)58-27-49-40-41(47-26-48-42(40)58)51-30-4-6-33(7-5-30)56-18-16-54(17-19-56)24-28-12-14-55(15-13-28)34-8-9-36-29(20-34)25-57(45(36)62)38-10-11-39(59)53-44(38)61/h1-9,20,26-28,32,35,38H,10-19,21-22,24-25H2,(H,52,60)(H,47,48,51)(H,53,59,61)/t32?,35?,38-/m0/s1. The van der Waals surface area contributed by atoms with E-state index in [2.05, 4.69) is 80.9 Å². The number of anilines is 4. The van der Waals surface area contributed by atoms with Crippen molar-refractivity contribution in [3.63, 3.8) is 0 Å². The summed E-state index contributed by atoms with van der Waals surface area (Å²) in [6.07, 6.45) is 7.66. The summed E-state index contributed by atoms with van der Waals surface area (Å²) in [5.74, 6) is 0.194. The molecule has 5 aliphatic rings. The number of carbonyl (C=O) groups excluding carboxylic acids is 4. The molecule has 4 aliphatic heterocycles. The van der Waals surface area contributed by atoms with E-state index in [1.807, 2.05) is 22.8 Å². The number of imide groups is 1. The molecule has 1 atom stereocenters. The van der Waals surface area contributed by atoms with Gasteiger partial charge in [0, 0.05) is 93.5 Å². The van der Waals surface area contributed by atoms with E-state index in [9.17, 15) is 19.2 Å². The van der Waals surface area contributed by atoms with Gasteiger partial charge in [0.1, 0.15) is 29.8 Å². The first-order valence-electron chi connectivity index (χ1n) is 21.5. The second-order valence-electron chi connectivity index (χ2n) is 17.0. The van der Waals surface area contributed by atoms with Crippen molar-refractivity contribution in [1.29, 1.82) is 5.26 Å². The number of imidazole rings is 1. The van der Waals surface area contributed by atoms with Crippen molar-refractivity contribution < 1.29 is 19.2 Å². The Kier molecular flexibility index (Phi) is 10.4. The molecular formula is C45H47N13O4. The first-order valence-corrected chi connectivity index (χ1v) is 21.5. The lowest BCUT2D eigenvalue weighted by molar-refractivity contribution is -0.136. The maximum atomic E-state index is 13.2. The Bertz CT molecular complexity index is 2580. The fourth-order valence-electron chi connectivity index (χ4n) is 9.60. The fraction of sp³-hybridized carbons (Fsp3) is 0.400. The average Bonchev–Trinajstić information content (AvgIpc) is 3.86. The summed E-state index contributed by atoms with van der Waals surface area (Å²) >= 11 is 0. The molecule has 17 nitrogen and oxygen atoms in total. The van der Waals surface area contributed by atoms with Crippen molar-refractivity contribution in [1.82, 2.24) is 44.9 Å². The lowest BCUT2D eigenvalue weighted by atomic mass is 9.86. The molecule has 2 aromatic carbocycles. The molecule has 0 unspecified atom stereocenters. The first-order chi connectivity index (χ1) is 30.3. The number of amides is 4. The van der Waals surface area contributed by atoms with Crippen LogP contribution in [0, 0.1) is 17.2 Å². The van der Waals surface area contributed by atoms with Crippen molar-refractivity contribution in [2.45, 2.75) is 63.2 Å². The summed E-state index contributed by atoms with van der Waals surface area (Å²) in [5, 5.41) is 17.9. The normalized spacial score (nSPS) is 22.0. The SMILES string of the molecule is N#Cc1cccc(C(=O)NC2CC(n3cnc4c(Nc5ccc(N6CCN(CC7CCN(c8ccc9c(c8)CN([C@H]8CCC(=O)NC8=O)C9=O)CC7)CC6)cc5)ncnc43)C2)n1. The number of piperidine rings is 2. The van der Waals surface area contributed by atoms with Gasteiger partial charge in [-0.15, -0.1) is 0 Å². The largest absolute Gasteiger partial charge is 0.372 e. The predicted octanol–water partition coefficient (Wildman–Crippen LogP) is 3.77. The minimum absolute atomic E-state index is 0.00793. The number of benzene rings is 2. The number of aromatic nitrogens is 5. The average molecular weight is 834 g/mol. The Labute approximate surface area is 358 Å². The van der Waals surface area contributed by atoms with Crippen LogP contribution in [0.5, 0.6) is 0 Å². The predicted molar refractivity (Wildman–Crippen MR) is 230 cm³/mol. The lowest BCUT2D eigenvalue weighted by Crippen LogP contribution is -2.52. The van der Waals surface area contributed by atoms with Crippen LogP contribution in [-0.2, 0) is 16.1 Å². The van der Waals surface area contributed by atoms with Gasteiger partial charge in [0.05, 0.1) is 6.33 Å². The van der Waals surface area contributed by atoms with Gasteiger partial charge in [-0.1, -0.05) is 6.07 Å². The minimum Gasteiger partial charge on any atom is -0.372 e. The highest BCUT2D eigenvalue weighted by atomic mass is 16.2. The number of rotatable bonds is 10. The van der Waals surface area contributed by atoms with Gasteiger partial charge in [-0.05, 0) is 98.2 Å². The highest BCUT2D eigenvalue weighted by Gasteiger charge is 2.39. The summed E-state index contributed by atoms with van der Waals surface area (Å²) in [6.45, 7) is 7.42. The number of hydrogen-bond donors (Lipinski definition) is 3. The fourth-order valence-corrected chi connectivity index (χ4v) is 9.60. The molecule has 4 amide bonds. The molecule has 1 saturated carbocycles. The zero-order valence-corrected chi connectivity index (χ0v) is 34.2. The van der Waals surface area contributed by atoms with Gasteiger partial charge in [-0.3, -0.25) is 29.4 Å². The topological polar surface area (TPSA) is 198 Å². The molecule has 0 radical (unpaired) electrons. The monoisotopic (exact) mass is 833 g/mol. The maximum absolute atomic E-state index is 13.2. The van der Waals surface area contributed by atoms with Crippen LogP contribution in [0.1, 0.15) is 76.7 Å². The maximum Gasteiger partial charge on any atom is 0.270 e.